The van der Waals surface area contributed by atoms with Gasteiger partial charge in [0.05, 0.1) is 7.11 Å². The van der Waals surface area contributed by atoms with Gasteiger partial charge in [0, 0.05) is 28.4 Å². The summed E-state index contributed by atoms with van der Waals surface area (Å²) in [5.74, 6) is -1.32. The van der Waals surface area contributed by atoms with Crippen molar-refractivity contribution in [3.05, 3.63) is 62.5 Å². The predicted octanol–water partition coefficient (Wildman–Crippen LogP) is 3.33. The molecule has 1 aromatic heterocycles. The molecule has 1 aliphatic rings. The second kappa shape index (κ2) is 9.47. The zero-order valence-electron chi connectivity index (χ0n) is 17.7. The minimum absolute atomic E-state index is 0.111. The van der Waals surface area contributed by atoms with Gasteiger partial charge in [-0.05, 0) is 55.5 Å². The van der Waals surface area contributed by atoms with Crippen LogP contribution in [0.4, 0.5) is 0 Å². The Hall–Kier alpha value is -2.93. The number of fused-ring (bicyclic) bond motifs is 1. The van der Waals surface area contributed by atoms with Crippen molar-refractivity contribution in [2.75, 3.05) is 7.11 Å². The molecule has 1 amide bonds. The van der Waals surface area contributed by atoms with Crippen LogP contribution in [0, 0.1) is 5.92 Å². The smallest absolute Gasteiger partial charge is 0.328 e. The number of pyridine rings is 1. The maximum Gasteiger partial charge on any atom is 0.328 e. The lowest BCUT2D eigenvalue weighted by Crippen LogP contribution is -2.45. The van der Waals surface area contributed by atoms with E-state index in [4.69, 9.17) is 16.3 Å². The Balaban J connectivity index is 2.11. The molecule has 164 valence electrons. The maximum atomic E-state index is 13.4. The predicted molar refractivity (Wildman–Crippen MR) is 117 cm³/mol. The van der Waals surface area contributed by atoms with Crippen molar-refractivity contribution in [3.63, 3.8) is 0 Å². The molecule has 31 heavy (non-hydrogen) atoms. The molecule has 0 fully saturated rings. The van der Waals surface area contributed by atoms with E-state index in [1.165, 1.54) is 17.7 Å². The number of nitrogens with one attached hydrogen (secondary N) is 1. The quantitative estimate of drug-likeness (QED) is 0.689. The zero-order chi connectivity index (χ0) is 22.7. The number of nitrogens with zero attached hydrogens (tertiary/aromatic N) is 1. The summed E-state index contributed by atoms with van der Waals surface area (Å²) in [5.41, 5.74) is 0.695. The number of aromatic nitrogens is 1. The number of carbonyl (C=O) groups excluding carboxylic acids is 3. The molecule has 3 rings (SSSR count). The normalized spacial score (nSPS) is 14.2. The molecular formula is C23H25ClN2O5. The summed E-state index contributed by atoms with van der Waals surface area (Å²) in [5, 5.41) is 3.11. The van der Waals surface area contributed by atoms with E-state index in [-0.39, 0.29) is 17.3 Å². The number of ketones is 1. The van der Waals surface area contributed by atoms with Gasteiger partial charge >= 0.3 is 5.97 Å². The van der Waals surface area contributed by atoms with Crippen LogP contribution < -0.4 is 10.9 Å². The molecule has 1 aliphatic carbocycles. The number of methoxy groups -OCH3 is 1. The van der Waals surface area contributed by atoms with Crippen molar-refractivity contribution in [2.45, 2.75) is 45.6 Å². The maximum absolute atomic E-state index is 13.4. The fourth-order valence-corrected chi connectivity index (χ4v) is 3.91. The highest BCUT2D eigenvalue weighted by atomic mass is 35.5. The Morgan fingerprint density at radius 1 is 1.16 bits per heavy atom. The molecule has 8 heteroatoms. The first-order valence-corrected chi connectivity index (χ1v) is 10.6. The molecule has 0 saturated carbocycles. The summed E-state index contributed by atoms with van der Waals surface area (Å²) in [4.78, 5) is 51.1. The van der Waals surface area contributed by atoms with Gasteiger partial charge in [0.2, 0.25) is 0 Å². The summed E-state index contributed by atoms with van der Waals surface area (Å²) in [6, 6.07) is 7.07. The number of halogens is 1. The van der Waals surface area contributed by atoms with Crippen molar-refractivity contribution < 1.29 is 19.1 Å². The van der Waals surface area contributed by atoms with Crippen LogP contribution in [0.15, 0.2) is 35.1 Å². The monoisotopic (exact) mass is 444 g/mol. The lowest BCUT2D eigenvalue weighted by Gasteiger charge is -2.23. The number of rotatable bonds is 6. The number of amides is 1. The van der Waals surface area contributed by atoms with Crippen LogP contribution in [0.25, 0.3) is 5.69 Å². The lowest BCUT2D eigenvalue weighted by atomic mass is 9.92. The number of hydrogen-bond donors (Lipinski definition) is 1. The minimum Gasteiger partial charge on any atom is -0.467 e. The molecule has 7 nitrogen and oxygen atoms in total. The van der Waals surface area contributed by atoms with Crippen molar-refractivity contribution in [2.24, 2.45) is 5.92 Å². The molecule has 0 spiro atoms. The SMILES string of the molecule is COC(=O)C(CC(C)C)NC(=O)c1cc2c(n(-c3ccc(Cl)cc3)c1=O)CCCC2=O. The van der Waals surface area contributed by atoms with E-state index >= 15 is 0 Å². The molecular weight excluding hydrogens is 420 g/mol. The molecule has 0 aliphatic heterocycles. The van der Waals surface area contributed by atoms with Gasteiger partial charge in [0.15, 0.2) is 5.78 Å². The average Bonchev–Trinajstić information content (AvgIpc) is 2.73. The molecule has 0 bridgehead atoms. The Bertz CT molecular complexity index is 1070. The van der Waals surface area contributed by atoms with Crippen molar-refractivity contribution >= 4 is 29.3 Å². The molecule has 2 aromatic rings. The molecule has 1 heterocycles. The number of Topliss-reactive ketones (excluding diaryl/α,β-unsaturated/α-hetero) is 1. The van der Waals surface area contributed by atoms with E-state index in [1.807, 2.05) is 13.8 Å². The van der Waals surface area contributed by atoms with Crippen molar-refractivity contribution in [1.82, 2.24) is 9.88 Å². The number of esters is 1. The molecule has 1 N–H and O–H groups in total. The van der Waals surface area contributed by atoms with Crippen LogP contribution in [-0.4, -0.2) is 35.4 Å². The zero-order valence-corrected chi connectivity index (χ0v) is 18.5. The summed E-state index contributed by atoms with van der Waals surface area (Å²) in [7, 11) is 1.24. The summed E-state index contributed by atoms with van der Waals surface area (Å²) < 4.78 is 6.18. The first-order chi connectivity index (χ1) is 14.7. The summed E-state index contributed by atoms with van der Waals surface area (Å²) in [6.07, 6.45) is 1.88. The van der Waals surface area contributed by atoms with Gasteiger partial charge in [-0.15, -0.1) is 0 Å². The van der Waals surface area contributed by atoms with Crippen LogP contribution in [-0.2, 0) is 16.0 Å². The van der Waals surface area contributed by atoms with Crippen LogP contribution in [0.1, 0.15) is 59.5 Å². The van der Waals surface area contributed by atoms with Gasteiger partial charge in [-0.2, -0.15) is 0 Å². The van der Waals surface area contributed by atoms with E-state index in [0.717, 1.165) is 0 Å². The van der Waals surface area contributed by atoms with Gasteiger partial charge in [0.1, 0.15) is 11.6 Å². The second-order valence-corrected chi connectivity index (χ2v) is 8.43. The highest BCUT2D eigenvalue weighted by molar-refractivity contribution is 6.30. The fourth-order valence-electron chi connectivity index (χ4n) is 3.78. The molecule has 1 atom stereocenters. The standard InChI is InChI=1S/C23H25ClN2O5/c1-13(2)11-18(23(30)31-3)25-21(28)17-12-16-19(5-4-6-20(16)27)26(22(17)29)15-9-7-14(24)8-10-15/h7-10,12-13,18H,4-6,11H2,1-3H3,(H,25,28). The Morgan fingerprint density at radius 2 is 1.84 bits per heavy atom. The van der Waals surface area contributed by atoms with E-state index < -0.39 is 23.5 Å². The van der Waals surface area contributed by atoms with E-state index in [9.17, 15) is 19.2 Å². The van der Waals surface area contributed by atoms with Crippen LogP contribution in [0.3, 0.4) is 0 Å². The van der Waals surface area contributed by atoms with Crippen molar-refractivity contribution in [1.29, 1.82) is 0 Å². The number of hydrogen-bond acceptors (Lipinski definition) is 5. The molecule has 0 saturated heterocycles. The summed E-state index contributed by atoms with van der Waals surface area (Å²) in [6.45, 7) is 3.82. The molecule has 1 aromatic carbocycles. The number of benzene rings is 1. The minimum atomic E-state index is -0.896. The first-order valence-electron chi connectivity index (χ1n) is 10.2. The molecule has 1 unspecified atom stereocenters. The van der Waals surface area contributed by atoms with Crippen molar-refractivity contribution in [3.8, 4) is 5.69 Å². The highest BCUT2D eigenvalue weighted by Gasteiger charge is 2.29. The summed E-state index contributed by atoms with van der Waals surface area (Å²) >= 11 is 5.98. The number of ether oxygens (including phenoxy) is 1. The van der Waals surface area contributed by atoms with E-state index in [1.54, 1.807) is 24.3 Å². The van der Waals surface area contributed by atoms with Gasteiger partial charge in [-0.3, -0.25) is 19.0 Å². The fraction of sp³-hybridized carbons (Fsp3) is 0.391. The Labute approximate surface area is 185 Å². The van der Waals surface area contributed by atoms with Crippen LogP contribution in [0.5, 0.6) is 0 Å². The second-order valence-electron chi connectivity index (χ2n) is 7.99. The van der Waals surface area contributed by atoms with E-state index in [2.05, 4.69) is 5.32 Å². The third-order valence-corrected chi connectivity index (χ3v) is 5.50. The average molecular weight is 445 g/mol. The van der Waals surface area contributed by atoms with Crippen LogP contribution >= 0.6 is 11.6 Å². The van der Waals surface area contributed by atoms with Crippen LogP contribution in [0.2, 0.25) is 5.02 Å². The van der Waals surface area contributed by atoms with Gasteiger partial charge in [-0.1, -0.05) is 25.4 Å². The van der Waals surface area contributed by atoms with Gasteiger partial charge < -0.3 is 10.1 Å². The molecule has 0 radical (unpaired) electrons. The number of carbonyl (C=O) groups is 3. The van der Waals surface area contributed by atoms with E-state index in [0.29, 0.717) is 47.7 Å². The third kappa shape index (κ3) is 4.88. The largest absolute Gasteiger partial charge is 0.467 e. The van der Waals surface area contributed by atoms with Gasteiger partial charge in [0.25, 0.3) is 11.5 Å². The Kier molecular flexibility index (Phi) is 6.95. The topological polar surface area (TPSA) is 94.5 Å². The Morgan fingerprint density at radius 3 is 2.45 bits per heavy atom. The third-order valence-electron chi connectivity index (χ3n) is 5.25. The first kappa shape index (κ1) is 22.7. The van der Waals surface area contributed by atoms with Gasteiger partial charge in [-0.25, -0.2) is 4.79 Å². The highest BCUT2D eigenvalue weighted by Crippen LogP contribution is 2.24. The lowest BCUT2D eigenvalue weighted by molar-refractivity contribution is -0.143.